The summed E-state index contributed by atoms with van der Waals surface area (Å²) in [4.78, 5) is 9.77. The van der Waals surface area contributed by atoms with Crippen molar-refractivity contribution in [2.45, 2.75) is 26.4 Å². The second kappa shape index (κ2) is 15.0. The van der Waals surface area contributed by atoms with Crippen LogP contribution in [0.25, 0.3) is 0 Å². The largest absolute Gasteiger partial charge is 0.379 e. The van der Waals surface area contributed by atoms with E-state index in [4.69, 9.17) is 14.5 Å². The van der Waals surface area contributed by atoms with Crippen LogP contribution in [0.3, 0.4) is 0 Å². The van der Waals surface area contributed by atoms with Gasteiger partial charge in [0.05, 0.1) is 33.0 Å². The van der Waals surface area contributed by atoms with Crippen molar-refractivity contribution in [2.24, 2.45) is 4.99 Å². The maximum absolute atomic E-state index is 5.47. The van der Waals surface area contributed by atoms with Gasteiger partial charge in [0, 0.05) is 45.8 Å². The molecule has 2 aliphatic rings. The van der Waals surface area contributed by atoms with Crippen LogP contribution < -0.4 is 10.6 Å². The number of guanidine groups is 1. The third-order valence-corrected chi connectivity index (χ3v) is 5.42. The summed E-state index contributed by atoms with van der Waals surface area (Å²) >= 11 is 0. The highest BCUT2D eigenvalue weighted by Crippen LogP contribution is 2.14. The monoisotopic (exact) mass is 531 g/mol. The van der Waals surface area contributed by atoms with Crippen LogP contribution in [0.4, 0.5) is 0 Å². The van der Waals surface area contributed by atoms with Gasteiger partial charge in [0.15, 0.2) is 5.96 Å². The highest BCUT2D eigenvalue weighted by molar-refractivity contribution is 14.0. The molecule has 1 aromatic carbocycles. The highest BCUT2D eigenvalue weighted by atomic mass is 127. The molecule has 0 unspecified atom stereocenters. The molecule has 170 valence electrons. The van der Waals surface area contributed by atoms with E-state index < -0.39 is 0 Å². The number of nitrogens with zero attached hydrogens (tertiary/aromatic N) is 3. The van der Waals surface area contributed by atoms with Crippen molar-refractivity contribution in [2.75, 3.05) is 72.2 Å². The van der Waals surface area contributed by atoms with Crippen LogP contribution in [0.15, 0.2) is 29.3 Å². The summed E-state index contributed by atoms with van der Waals surface area (Å²) in [5.41, 5.74) is 2.66. The molecule has 0 spiro atoms. The van der Waals surface area contributed by atoms with Crippen molar-refractivity contribution < 1.29 is 9.47 Å². The summed E-state index contributed by atoms with van der Waals surface area (Å²) in [6, 6.07) is 8.65. The molecule has 1 aromatic rings. The second-order valence-corrected chi connectivity index (χ2v) is 7.59. The Morgan fingerprint density at radius 1 is 0.933 bits per heavy atom. The van der Waals surface area contributed by atoms with Crippen molar-refractivity contribution >= 4 is 29.9 Å². The minimum Gasteiger partial charge on any atom is -0.379 e. The number of aliphatic imine (C=N–C) groups is 1. The average Bonchev–Trinajstić information content (AvgIpc) is 2.77. The smallest absolute Gasteiger partial charge is 0.191 e. The first-order chi connectivity index (χ1) is 14.3. The minimum absolute atomic E-state index is 0. The zero-order chi connectivity index (χ0) is 20.2. The lowest BCUT2D eigenvalue weighted by atomic mass is 10.1. The predicted octanol–water partition coefficient (Wildman–Crippen LogP) is 1.91. The number of ether oxygens (including phenoxy) is 2. The molecule has 0 aliphatic carbocycles. The van der Waals surface area contributed by atoms with Crippen LogP contribution >= 0.6 is 24.0 Å². The Morgan fingerprint density at radius 2 is 1.57 bits per heavy atom. The van der Waals surface area contributed by atoms with Gasteiger partial charge < -0.3 is 20.1 Å². The Balaban J connectivity index is 0.00000320. The van der Waals surface area contributed by atoms with Gasteiger partial charge in [-0.2, -0.15) is 0 Å². The van der Waals surface area contributed by atoms with E-state index in [-0.39, 0.29) is 24.0 Å². The molecule has 0 bridgehead atoms. The molecule has 0 atom stereocenters. The first-order valence-corrected chi connectivity index (χ1v) is 11.0. The van der Waals surface area contributed by atoms with Crippen LogP contribution in [0, 0.1) is 0 Å². The normalized spacial score (nSPS) is 18.6. The maximum Gasteiger partial charge on any atom is 0.191 e. The SMILES string of the molecule is CCNC(=NCc1ccccc1CN1CCOCC1)NCCCN1CCOCC1.I. The second-order valence-electron chi connectivity index (χ2n) is 7.59. The van der Waals surface area contributed by atoms with Crippen molar-refractivity contribution in [1.29, 1.82) is 0 Å². The fourth-order valence-corrected chi connectivity index (χ4v) is 3.71. The number of benzene rings is 1. The van der Waals surface area contributed by atoms with E-state index >= 15 is 0 Å². The molecule has 0 radical (unpaired) electrons. The molecule has 2 saturated heterocycles. The van der Waals surface area contributed by atoms with E-state index in [0.29, 0.717) is 6.54 Å². The van der Waals surface area contributed by atoms with Gasteiger partial charge >= 0.3 is 0 Å². The van der Waals surface area contributed by atoms with Crippen LogP contribution in [0.2, 0.25) is 0 Å². The number of morpholine rings is 2. The van der Waals surface area contributed by atoms with E-state index in [1.807, 2.05) is 0 Å². The lowest BCUT2D eigenvalue weighted by Gasteiger charge is -2.27. The van der Waals surface area contributed by atoms with E-state index in [1.165, 1.54) is 11.1 Å². The molecule has 8 heteroatoms. The quantitative estimate of drug-likeness (QED) is 0.220. The van der Waals surface area contributed by atoms with Gasteiger partial charge in [0.2, 0.25) is 0 Å². The number of hydrogen-bond acceptors (Lipinski definition) is 5. The lowest BCUT2D eigenvalue weighted by Crippen LogP contribution is -2.40. The summed E-state index contributed by atoms with van der Waals surface area (Å²) in [6.07, 6.45) is 1.11. The van der Waals surface area contributed by atoms with Gasteiger partial charge in [0.1, 0.15) is 0 Å². The van der Waals surface area contributed by atoms with Crippen molar-refractivity contribution in [1.82, 2.24) is 20.4 Å². The Morgan fingerprint density at radius 3 is 2.23 bits per heavy atom. The molecule has 0 aromatic heterocycles. The number of hydrogen-bond donors (Lipinski definition) is 2. The van der Waals surface area contributed by atoms with Crippen LogP contribution in [-0.2, 0) is 22.6 Å². The fraction of sp³-hybridized carbons (Fsp3) is 0.682. The van der Waals surface area contributed by atoms with Crippen molar-refractivity contribution in [3.8, 4) is 0 Å². The van der Waals surface area contributed by atoms with Gasteiger partial charge in [-0.05, 0) is 31.0 Å². The topological polar surface area (TPSA) is 61.4 Å². The number of rotatable bonds is 9. The Bertz CT molecular complexity index is 619. The van der Waals surface area contributed by atoms with E-state index in [9.17, 15) is 0 Å². The summed E-state index contributed by atoms with van der Waals surface area (Å²) in [6.45, 7) is 14.2. The van der Waals surface area contributed by atoms with Crippen molar-refractivity contribution in [3.63, 3.8) is 0 Å². The molecule has 7 nitrogen and oxygen atoms in total. The van der Waals surface area contributed by atoms with E-state index in [2.05, 4.69) is 51.6 Å². The first kappa shape index (κ1) is 25.3. The van der Waals surface area contributed by atoms with E-state index in [0.717, 1.165) is 91.2 Å². The first-order valence-electron chi connectivity index (χ1n) is 11.0. The third kappa shape index (κ3) is 9.05. The van der Waals surface area contributed by atoms with Crippen LogP contribution in [0.5, 0.6) is 0 Å². The molecule has 0 saturated carbocycles. The zero-order valence-electron chi connectivity index (χ0n) is 18.3. The summed E-state index contributed by atoms with van der Waals surface area (Å²) in [7, 11) is 0. The van der Waals surface area contributed by atoms with Gasteiger partial charge in [0.25, 0.3) is 0 Å². The molecular weight excluding hydrogens is 493 g/mol. The van der Waals surface area contributed by atoms with Crippen LogP contribution in [0.1, 0.15) is 24.5 Å². The lowest BCUT2D eigenvalue weighted by molar-refractivity contribution is 0.0341. The molecule has 2 heterocycles. The zero-order valence-corrected chi connectivity index (χ0v) is 20.6. The summed E-state index contributed by atoms with van der Waals surface area (Å²) in [5.74, 6) is 0.899. The molecule has 0 amide bonds. The molecule has 30 heavy (non-hydrogen) atoms. The van der Waals surface area contributed by atoms with Gasteiger partial charge in [-0.3, -0.25) is 9.80 Å². The molecule has 2 fully saturated rings. The standard InChI is InChI=1S/C22H37N5O2.HI/c1-2-23-22(24-8-5-9-26-10-14-28-15-11-26)25-18-20-6-3-4-7-21(20)19-27-12-16-29-17-13-27;/h3-4,6-7H,2,5,8-19H2,1H3,(H2,23,24,25);1H. The Kier molecular flexibility index (Phi) is 12.6. The fourth-order valence-electron chi connectivity index (χ4n) is 3.71. The van der Waals surface area contributed by atoms with Gasteiger partial charge in [-0.25, -0.2) is 4.99 Å². The average molecular weight is 531 g/mol. The summed E-state index contributed by atoms with van der Waals surface area (Å²) < 4.78 is 10.9. The third-order valence-electron chi connectivity index (χ3n) is 5.42. The van der Waals surface area contributed by atoms with E-state index in [1.54, 1.807) is 0 Å². The minimum atomic E-state index is 0. The maximum atomic E-state index is 5.47. The van der Waals surface area contributed by atoms with Crippen molar-refractivity contribution in [3.05, 3.63) is 35.4 Å². The Hall–Kier alpha value is -0.940. The molecule has 2 N–H and O–H groups in total. The highest BCUT2D eigenvalue weighted by Gasteiger charge is 2.13. The van der Waals surface area contributed by atoms with Gasteiger partial charge in [-0.1, -0.05) is 24.3 Å². The summed E-state index contributed by atoms with van der Waals surface area (Å²) in [5, 5.41) is 6.86. The van der Waals surface area contributed by atoms with Crippen LogP contribution in [-0.4, -0.2) is 88.0 Å². The molecule has 2 aliphatic heterocycles. The predicted molar refractivity (Wildman–Crippen MR) is 133 cm³/mol. The van der Waals surface area contributed by atoms with Gasteiger partial charge in [-0.15, -0.1) is 24.0 Å². The number of nitrogens with one attached hydrogen (secondary N) is 2. The molecular formula is C22H38IN5O2. The number of halogens is 1. The Labute approximate surface area is 198 Å². The molecule has 3 rings (SSSR count).